The number of carbonyl (C=O) groups is 1. The van der Waals surface area contributed by atoms with Crippen LogP contribution in [0, 0.1) is 0 Å². The van der Waals surface area contributed by atoms with Crippen molar-refractivity contribution in [3.63, 3.8) is 0 Å². The average molecular weight is 423 g/mol. The van der Waals surface area contributed by atoms with Crippen LogP contribution in [0.25, 0.3) is 21.8 Å². The van der Waals surface area contributed by atoms with Gasteiger partial charge in [0.05, 0.1) is 33.8 Å². The van der Waals surface area contributed by atoms with E-state index in [1.807, 2.05) is 12.1 Å². The summed E-state index contributed by atoms with van der Waals surface area (Å²) in [4.78, 5) is 16.2. The summed E-state index contributed by atoms with van der Waals surface area (Å²) >= 11 is 0. The van der Waals surface area contributed by atoms with Crippen molar-refractivity contribution in [1.29, 1.82) is 0 Å². The van der Waals surface area contributed by atoms with Crippen molar-refractivity contribution >= 4 is 48.9 Å². The fourth-order valence-corrected chi connectivity index (χ4v) is 4.40. The highest BCUT2D eigenvalue weighted by atomic mass is 32.2. The van der Waals surface area contributed by atoms with Crippen molar-refractivity contribution < 1.29 is 13.2 Å². The molecule has 0 aliphatic carbocycles. The van der Waals surface area contributed by atoms with E-state index in [4.69, 9.17) is 5.73 Å². The minimum atomic E-state index is -3.43. The smallest absolute Gasteiger partial charge is 0.221 e. The molecule has 2 heterocycles. The highest BCUT2D eigenvalue weighted by Gasteiger charge is 2.20. The van der Waals surface area contributed by atoms with Crippen LogP contribution in [-0.4, -0.2) is 34.8 Å². The number of benzene rings is 2. The molecule has 0 atom stereocenters. The molecule has 2 aromatic carbocycles. The van der Waals surface area contributed by atoms with Gasteiger partial charge in [0.2, 0.25) is 5.91 Å². The molecule has 0 aliphatic heterocycles. The first-order chi connectivity index (χ1) is 14.3. The lowest BCUT2D eigenvalue weighted by Crippen LogP contribution is -2.15. The number of hydrogen-bond acceptors (Lipinski definition) is 6. The maximum Gasteiger partial charge on any atom is 0.221 e. The van der Waals surface area contributed by atoms with Crippen LogP contribution in [0.2, 0.25) is 0 Å². The van der Waals surface area contributed by atoms with Crippen molar-refractivity contribution in [3.8, 4) is 0 Å². The van der Waals surface area contributed by atoms with E-state index in [9.17, 15) is 13.2 Å². The Morgan fingerprint density at radius 2 is 1.97 bits per heavy atom. The second kappa shape index (κ2) is 7.42. The van der Waals surface area contributed by atoms with Crippen LogP contribution in [0.3, 0.4) is 0 Å². The summed E-state index contributed by atoms with van der Waals surface area (Å²) in [6.07, 6.45) is 3.37. The largest absolute Gasteiger partial charge is 0.369 e. The molecule has 154 valence electrons. The van der Waals surface area contributed by atoms with E-state index in [-0.39, 0.29) is 11.3 Å². The lowest BCUT2D eigenvalue weighted by molar-refractivity contribution is -0.117. The fraction of sp³-hybridized carbons (Fsp3) is 0.190. The van der Waals surface area contributed by atoms with Gasteiger partial charge in [0.25, 0.3) is 0 Å². The Morgan fingerprint density at radius 1 is 1.17 bits per heavy atom. The summed E-state index contributed by atoms with van der Waals surface area (Å²) in [5.74, 6) is -0.453. The standard InChI is InChI=1S/C21H21N5O3S/c1-12(2)30(28,29)15-3-4-17-16(9-15)18(5-6-23-17)25-19-10-20-14(11-24-26-20)7-13(19)8-21(22)27/h3-7,9-12H,8H2,1-2H3,(H2,22,27)(H,23,25)(H,24,26). The van der Waals surface area contributed by atoms with Crippen LogP contribution in [-0.2, 0) is 21.1 Å². The van der Waals surface area contributed by atoms with Gasteiger partial charge in [-0.1, -0.05) is 0 Å². The number of anilines is 2. The molecule has 0 aliphatic rings. The molecule has 4 N–H and O–H groups in total. The molecule has 0 radical (unpaired) electrons. The zero-order chi connectivity index (χ0) is 21.5. The Hall–Kier alpha value is -3.46. The number of sulfone groups is 1. The number of carbonyl (C=O) groups excluding carboxylic acids is 1. The van der Waals surface area contributed by atoms with E-state index in [0.29, 0.717) is 27.8 Å². The Labute approximate surface area is 173 Å². The Balaban J connectivity index is 1.85. The summed E-state index contributed by atoms with van der Waals surface area (Å²) in [6.45, 7) is 3.30. The Morgan fingerprint density at radius 3 is 2.70 bits per heavy atom. The monoisotopic (exact) mass is 423 g/mol. The van der Waals surface area contributed by atoms with Crippen molar-refractivity contribution in [2.24, 2.45) is 5.73 Å². The number of primary amides is 1. The number of aromatic nitrogens is 3. The minimum Gasteiger partial charge on any atom is -0.369 e. The van der Waals surface area contributed by atoms with Crippen molar-refractivity contribution in [1.82, 2.24) is 15.2 Å². The molecule has 0 bridgehead atoms. The highest BCUT2D eigenvalue weighted by Crippen LogP contribution is 2.31. The van der Waals surface area contributed by atoms with E-state index in [2.05, 4.69) is 20.5 Å². The second-order valence-corrected chi connectivity index (χ2v) is 9.87. The van der Waals surface area contributed by atoms with Crippen molar-refractivity contribution in [2.75, 3.05) is 5.32 Å². The number of fused-ring (bicyclic) bond motifs is 2. The number of nitrogens with zero attached hydrogens (tertiary/aromatic N) is 2. The number of H-pyrrole nitrogens is 1. The van der Waals surface area contributed by atoms with Gasteiger partial charge in [-0.05, 0) is 55.8 Å². The average Bonchev–Trinajstić information content (AvgIpc) is 3.14. The normalized spacial score (nSPS) is 12.0. The van der Waals surface area contributed by atoms with Gasteiger partial charge in [-0.15, -0.1) is 0 Å². The Bertz CT molecular complexity index is 1380. The Kier molecular flexibility index (Phi) is 4.90. The first-order valence-electron chi connectivity index (χ1n) is 9.39. The molecule has 0 spiro atoms. The van der Waals surface area contributed by atoms with Crippen LogP contribution in [0.4, 0.5) is 11.4 Å². The molecule has 2 aromatic heterocycles. The number of nitrogens with one attached hydrogen (secondary N) is 2. The molecule has 0 saturated carbocycles. The van der Waals surface area contributed by atoms with Gasteiger partial charge < -0.3 is 11.1 Å². The number of nitrogens with two attached hydrogens (primary N) is 1. The number of rotatable bonds is 6. The van der Waals surface area contributed by atoms with E-state index in [1.165, 1.54) is 0 Å². The minimum absolute atomic E-state index is 0.0550. The van der Waals surface area contributed by atoms with E-state index in [1.54, 1.807) is 50.5 Å². The van der Waals surface area contributed by atoms with E-state index >= 15 is 0 Å². The molecular formula is C21H21N5O3S. The van der Waals surface area contributed by atoms with Gasteiger partial charge in [0.15, 0.2) is 9.84 Å². The number of hydrogen-bond donors (Lipinski definition) is 3. The van der Waals surface area contributed by atoms with Gasteiger partial charge in [0.1, 0.15) is 0 Å². The third kappa shape index (κ3) is 3.59. The van der Waals surface area contributed by atoms with Gasteiger partial charge in [0, 0.05) is 28.3 Å². The summed E-state index contributed by atoms with van der Waals surface area (Å²) in [7, 11) is -3.43. The van der Waals surface area contributed by atoms with Gasteiger partial charge in [-0.3, -0.25) is 14.9 Å². The van der Waals surface area contributed by atoms with Crippen LogP contribution < -0.4 is 11.1 Å². The van der Waals surface area contributed by atoms with Gasteiger partial charge in [-0.25, -0.2) is 8.42 Å². The predicted octanol–water partition coefficient (Wildman–Crippen LogP) is 3.06. The molecule has 0 unspecified atom stereocenters. The van der Waals surface area contributed by atoms with Gasteiger partial charge >= 0.3 is 0 Å². The summed E-state index contributed by atoms with van der Waals surface area (Å²) < 4.78 is 25.3. The van der Waals surface area contributed by atoms with Crippen LogP contribution >= 0.6 is 0 Å². The number of aromatic amines is 1. The lowest BCUT2D eigenvalue weighted by Gasteiger charge is -2.15. The zero-order valence-electron chi connectivity index (χ0n) is 16.5. The molecule has 9 heteroatoms. The number of pyridine rings is 1. The molecule has 8 nitrogen and oxygen atoms in total. The highest BCUT2D eigenvalue weighted by molar-refractivity contribution is 7.92. The van der Waals surface area contributed by atoms with Crippen molar-refractivity contribution in [2.45, 2.75) is 30.4 Å². The lowest BCUT2D eigenvalue weighted by atomic mass is 10.1. The molecule has 4 aromatic rings. The maximum absolute atomic E-state index is 12.6. The molecule has 0 fully saturated rings. The van der Waals surface area contributed by atoms with Crippen molar-refractivity contribution in [3.05, 3.63) is 54.4 Å². The predicted molar refractivity (Wildman–Crippen MR) is 116 cm³/mol. The first kappa shape index (κ1) is 19.8. The topological polar surface area (TPSA) is 131 Å². The van der Waals surface area contributed by atoms with Crippen LogP contribution in [0.5, 0.6) is 0 Å². The van der Waals surface area contributed by atoms with Gasteiger partial charge in [-0.2, -0.15) is 5.10 Å². The number of amides is 1. The van der Waals surface area contributed by atoms with Crippen LogP contribution in [0.15, 0.2) is 53.7 Å². The first-order valence-corrected chi connectivity index (χ1v) is 10.9. The summed E-state index contributed by atoms with van der Waals surface area (Å²) in [5, 5.41) is 11.2. The molecule has 0 saturated heterocycles. The fourth-order valence-electron chi connectivity index (χ4n) is 3.32. The molecule has 1 amide bonds. The summed E-state index contributed by atoms with van der Waals surface area (Å²) in [6, 6.07) is 10.4. The molecular weight excluding hydrogens is 402 g/mol. The molecule has 30 heavy (non-hydrogen) atoms. The zero-order valence-corrected chi connectivity index (χ0v) is 17.3. The van der Waals surface area contributed by atoms with Crippen LogP contribution in [0.1, 0.15) is 19.4 Å². The quantitative estimate of drug-likeness (QED) is 0.437. The third-order valence-electron chi connectivity index (χ3n) is 4.96. The summed E-state index contributed by atoms with van der Waals surface area (Å²) in [5.41, 5.74) is 8.94. The van der Waals surface area contributed by atoms with E-state index < -0.39 is 21.0 Å². The SMILES string of the molecule is CC(C)S(=O)(=O)c1ccc2nccc(Nc3cc4[nH]ncc4cc3CC(N)=O)c2c1. The molecule has 4 rings (SSSR count). The second-order valence-electron chi connectivity index (χ2n) is 7.37. The maximum atomic E-state index is 12.6. The third-order valence-corrected chi connectivity index (χ3v) is 7.11. The van der Waals surface area contributed by atoms with E-state index in [0.717, 1.165) is 10.9 Å².